The quantitative estimate of drug-likeness (QED) is 0.218. The third-order valence-electron chi connectivity index (χ3n) is 6.57. The first-order valence-electron chi connectivity index (χ1n) is 16.6. The lowest BCUT2D eigenvalue weighted by molar-refractivity contribution is 0.256. The fourth-order valence-corrected chi connectivity index (χ4v) is 6.14. The maximum absolute atomic E-state index is 6.48. The number of benzene rings is 1. The number of rotatable bonds is 7. The van der Waals surface area contributed by atoms with Crippen molar-refractivity contribution < 1.29 is 4.74 Å². The lowest BCUT2D eigenvalue weighted by atomic mass is 9.83. The summed E-state index contributed by atoms with van der Waals surface area (Å²) in [6.07, 6.45) is 6.95. The molecule has 1 atom stereocenters. The molecule has 2 aliphatic rings. The first-order chi connectivity index (χ1) is 21.3. The van der Waals surface area contributed by atoms with Crippen LogP contribution < -0.4 is 20.7 Å². The molecule has 4 heterocycles. The molecule has 0 saturated carbocycles. The SMILES string of the molecule is CC.CC.CC.CC.Cc1cc(Nc2ncc(Cl)c(Nc3cn(C)nc3SC(C)C)n2)c2c(c1C1CCNCC1)C[C@@H](C)O2. The molecule has 0 aliphatic carbocycles. The van der Waals surface area contributed by atoms with Gasteiger partial charge in [-0.05, 0) is 62.9 Å². The molecule has 0 radical (unpaired) electrons. The van der Waals surface area contributed by atoms with Crippen molar-refractivity contribution in [1.29, 1.82) is 0 Å². The summed E-state index contributed by atoms with van der Waals surface area (Å²) in [5.74, 6) is 2.49. The topological polar surface area (TPSA) is 88.9 Å². The molecule has 3 N–H and O–H groups in total. The minimum Gasteiger partial charge on any atom is -0.488 e. The first kappa shape index (κ1) is 39.5. The van der Waals surface area contributed by atoms with Crippen LogP contribution in [0.2, 0.25) is 5.02 Å². The van der Waals surface area contributed by atoms with Crippen molar-refractivity contribution in [3.05, 3.63) is 40.2 Å². The second-order valence-corrected chi connectivity index (χ2v) is 11.9. The monoisotopic (exact) mass is 647 g/mol. The molecule has 2 aliphatic heterocycles. The second kappa shape index (κ2) is 20.5. The van der Waals surface area contributed by atoms with E-state index >= 15 is 0 Å². The van der Waals surface area contributed by atoms with Gasteiger partial charge in [0.25, 0.3) is 0 Å². The van der Waals surface area contributed by atoms with E-state index in [9.17, 15) is 0 Å². The van der Waals surface area contributed by atoms with Gasteiger partial charge in [-0.1, -0.05) is 92.6 Å². The van der Waals surface area contributed by atoms with Crippen LogP contribution in [0, 0.1) is 6.92 Å². The Kier molecular flexibility index (Phi) is 18.4. The van der Waals surface area contributed by atoms with Crippen LogP contribution in [0.3, 0.4) is 0 Å². The zero-order chi connectivity index (χ0) is 33.4. The highest BCUT2D eigenvalue weighted by atomic mass is 35.5. The molecule has 248 valence electrons. The molecule has 5 rings (SSSR count). The number of hydrogen-bond acceptors (Lipinski definition) is 8. The Morgan fingerprint density at radius 2 is 1.66 bits per heavy atom. The van der Waals surface area contributed by atoms with E-state index in [-0.39, 0.29) is 6.10 Å². The number of piperidine rings is 1. The van der Waals surface area contributed by atoms with Gasteiger partial charge in [0.15, 0.2) is 5.82 Å². The minimum atomic E-state index is 0.147. The van der Waals surface area contributed by atoms with Crippen molar-refractivity contribution in [3.8, 4) is 5.75 Å². The summed E-state index contributed by atoms with van der Waals surface area (Å²) in [5.41, 5.74) is 5.85. The number of ether oxygens (including phenoxy) is 1. The van der Waals surface area contributed by atoms with Crippen molar-refractivity contribution in [2.24, 2.45) is 7.05 Å². The lowest BCUT2D eigenvalue weighted by Crippen LogP contribution is -2.27. The van der Waals surface area contributed by atoms with E-state index in [4.69, 9.17) is 21.3 Å². The van der Waals surface area contributed by atoms with Crippen molar-refractivity contribution in [2.75, 3.05) is 23.7 Å². The Labute approximate surface area is 276 Å². The number of nitrogens with zero attached hydrogens (tertiary/aromatic N) is 4. The molecule has 0 spiro atoms. The van der Waals surface area contributed by atoms with Crippen molar-refractivity contribution >= 4 is 46.5 Å². The van der Waals surface area contributed by atoms with Crippen molar-refractivity contribution in [1.82, 2.24) is 25.1 Å². The summed E-state index contributed by atoms with van der Waals surface area (Å²) in [7, 11) is 1.90. The molecular weight excluding hydrogens is 590 g/mol. The average molecular weight is 648 g/mol. The van der Waals surface area contributed by atoms with Gasteiger partial charge in [0.1, 0.15) is 21.9 Å². The van der Waals surface area contributed by atoms with Crippen molar-refractivity contribution in [2.45, 2.75) is 125 Å². The number of thioether (sulfide) groups is 1. The van der Waals surface area contributed by atoms with Crippen LogP contribution in [0.25, 0.3) is 0 Å². The molecule has 3 aromatic rings. The van der Waals surface area contributed by atoms with Gasteiger partial charge in [0.2, 0.25) is 5.95 Å². The maximum Gasteiger partial charge on any atom is 0.229 e. The van der Waals surface area contributed by atoms with Gasteiger partial charge < -0.3 is 20.7 Å². The van der Waals surface area contributed by atoms with Crippen LogP contribution in [0.5, 0.6) is 5.75 Å². The predicted molar refractivity (Wildman–Crippen MR) is 193 cm³/mol. The van der Waals surface area contributed by atoms with Crippen LogP contribution in [0.15, 0.2) is 23.5 Å². The molecular formula is C34H58ClN7OS. The first-order valence-corrected chi connectivity index (χ1v) is 17.8. The summed E-state index contributed by atoms with van der Waals surface area (Å²) >= 11 is 8.17. The number of nitrogens with one attached hydrogen (secondary N) is 3. The number of fused-ring (bicyclic) bond motifs is 1. The molecule has 1 aromatic carbocycles. The number of halogens is 1. The minimum absolute atomic E-state index is 0.147. The smallest absolute Gasteiger partial charge is 0.229 e. The highest BCUT2D eigenvalue weighted by Gasteiger charge is 2.31. The molecule has 44 heavy (non-hydrogen) atoms. The normalized spacial score (nSPS) is 15.1. The maximum atomic E-state index is 6.48. The number of aromatic nitrogens is 4. The zero-order valence-electron chi connectivity index (χ0n) is 29.5. The Morgan fingerprint density at radius 3 is 2.27 bits per heavy atom. The van der Waals surface area contributed by atoms with Gasteiger partial charge in [-0.25, -0.2) is 4.98 Å². The second-order valence-electron chi connectivity index (χ2n) is 9.95. The molecule has 0 unspecified atom stereocenters. The summed E-state index contributed by atoms with van der Waals surface area (Å²) in [6, 6.07) is 2.18. The Balaban J connectivity index is 0.00000112. The van der Waals surface area contributed by atoms with Gasteiger partial charge in [0.05, 0.1) is 17.6 Å². The van der Waals surface area contributed by atoms with Crippen LogP contribution in [0.1, 0.15) is 112 Å². The van der Waals surface area contributed by atoms with Crippen LogP contribution in [-0.4, -0.2) is 44.2 Å². The van der Waals surface area contributed by atoms with E-state index in [1.54, 1.807) is 22.6 Å². The van der Waals surface area contributed by atoms with Gasteiger partial charge in [0, 0.05) is 30.5 Å². The van der Waals surface area contributed by atoms with Gasteiger partial charge >= 0.3 is 0 Å². The number of hydrogen-bond donors (Lipinski definition) is 3. The van der Waals surface area contributed by atoms with Crippen LogP contribution in [0.4, 0.5) is 23.1 Å². The third-order valence-corrected chi connectivity index (χ3v) is 7.85. The van der Waals surface area contributed by atoms with Crippen molar-refractivity contribution in [3.63, 3.8) is 0 Å². The standard InChI is InChI=1S/C26H34ClN7OS.4C2H6/c1-14(2)36-25-21(13-34(5)33-25)30-24-19(27)12-29-26(32-24)31-20-10-15(3)22(17-6-8-28-9-7-17)18-11-16(4)35-23(18)20;4*1-2/h10,12-14,16-17,28H,6-9,11H2,1-5H3,(H2,29,30,31,32);4*1-2H3/t16-;;;;/m1..../s1. The molecule has 8 nitrogen and oxygen atoms in total. The largest absolute Gasteiger partial charge is 0.488 e. The number of anilines is 4. The Morgan fingerprint density at radius 1 is 1.02 bits per heavy atom. The fraction of sp³-hybridized carbons (Fsp3) is 0.618. The van der Waals surface area contributed by atoms with E-state index in [2.05, 4.69) is 59.8 Å². The fourth-order valence-electron chi connectivity index (χ4n) is 5.15. The molecule has 0 amide bonds. The molecule has 0 bridgehead atoms. The molecule has 10 heteroatoms. The molecule has 1 saturated heterocycles. The van der Waals surface area contributed by atoms with Gasteiger partial charge in [-0.15, -0.1) is 0 Å². The van der Waals surface area contributed by atoms with E-state index in [1.165, 1.54) is 16.7 Å². The zero-order valence-corrected chi connectivity index (χ0v) is 31.1. The highest BCUT2D eigenvalue weighted by Crippen LogP contribution is 2.45. The van der Waals surface area contributed by atoms with E-state index in [0.717, 1.165) is 54.5 Å². The predicted octanol–water partition coefficient (Wildman–Crippen LogP) is 10.1. The van der Waals surface area contributed by atoms with Crippen LogP contribution in [-0.2, 0) is 13.5 Å². The Hall–Kier alpha value is -2.49. The Bertz CT molecular complexity index is 1260. The van der Waals surface area contributed by atoms with Crippen LogP contribution >= 0.6 is 23.4 Å². The van der Waals surface area contributed by atoms with Gasteiger partial charge in [-0.2, -0.15) is 10.1 Å². The van der Waals surface area contributed by atoms with E-state index in [1.807, 2.05) is 68.6 Å². The average Bonchev–Trinajstić information content (AvgIpc) is 3.59. The number of aryl methyl sites for hydroxylation is 2. The molecule has 1 fully saturated rings. The summed E-state index contributed by atoms with van der Waals surface area (Å²) in [5, 5.41) is 16.6. The summed E-state index contributed by atoms with van der Waals surface area (Å²) in [6.45, 7) is 26.8. The highest BCUT2D eigenvalue weighted by molar-refractivity contribution is 8.00. The summed E-state index contributed by atoms with van der Waals surface area (Å²) in [4.78, 5) is 9.16. The lowest BCUT2D eigenvalue weighted by Gasteiger charge is -2.27. The van der Waals surface area contributed by atoms with Gasteiger partial charge in [-0.3, -0.25) is 4.68 Å². The van der Waals surface area contributed by atoms with E-state index < -0.39 is 0 Å². The molecule has 2 aromatic heterocycles. The van der Waals surface area contributed by atoms with E-state index in [0.29, 0.717) is 28.0 Å². The summed E-state index contributed by atoms with van der Waals surface area (Å²) < 4.78 is 8.10. The third kappa shape index (κ3) is 10.6.